The molecule has 1 saturated heterocycles. The number of pyridine rings is 1. The predicted octanol–water partition coefficient (Wildman–Crippen LogP) is 5.40. The van der Waals surface area contributed by atoms with E-state index in [1.807, 2.05) is 24.4 Å². The molecule has 0 bridgehead atoms. The van der Waals surface area contributed by atoms with E-state index in [9.17, 15) is 0 Å². The van der Waals surface area contributed by atoms with Crippen molar-refractivity contribution in [1.82, 2.24) is 19.9 Å². The van der Waals surface area contributed by atoms with E-state index in [1.165, 1.54) is 35.2 Å². The summed E-state index contributed by atoms with van der Waals surface area (Å²) < 4.78 is 0. The van der Waals surface area contributed by atoms with Gasteiger partial charge in [0.05, 0.1) is 5.69 Å². The van der Waals surface area contributed by atoms with Crippen LogP contribution < -0.4 is 10.2 Å². The summed E-state index contributed by atoms with van der Waals surface area (Å²) in [6.07, 6.45) is 7.83. The maximum absolute atomic E-state index is 4.71. The Morgan fingerprint density at radius 2 is 1.80 bits per heavy atom. The zero-order valence-electron chi connectivity index (χ0n) is 20.1. The molecular weight excluding hydrogens is 432 g/mol. The van der Waals surface area contributed by atoms with Gasteiger partial charge in [-0.25, -0.2) is 9.97 Å². The van der Waals surface area contributed by atoms with Gasteiger partial charge in [-0.15, -0.1) is 0 Å². The molecule has 1 fully saturated rings. The lowest BCUT2D eigenvalue weighted by Gasteiger charge is -2.39. The first kappa shape index (κ1) is 21.7. The van der Waals surface area contributed by atoms with Crippen LogP contribution in [0.3, 0.4) is 0 Å². The highest BCUT2D eigenvalue weighted by molar-refractivity contribution is 5.67. The molecule has 0 amide bonds. The van der Waals surface area contributed by atoms with Crippen LogP contribution in [-0.2, 0) is 6.42 Å². The third-order valence-corrected chi connectivity index (χ3v) is 7.30. The van der Waals surface area contributed by atoms with Crippen LogP contribution in [0.5, 0.6) is 0 Å². The first-order valence-electron chi connectivity index (χ1n) is 12.4. The van der Waals surface area contributed by atoms with Crippen LogP contribution in [-0.4, -0.2) is 46.0 Å². The lowest BCUT2D eigenvalue weighted by atomic mass is 10.1. The standard InChI is InChI=1S/C29H30N6/c1-21-8-10-24(19-27(21)33-29-31-14-12-26(32-29)23-6-4-13-30-20-23)34-15-17-35(18-16-34)28-11-9-22-5-2-3-7-25(22)28/h2-8,10,12-14,19-20,28H,9,11,15-18H2,1H3,(H,31,32,33). The van der Waals surface area contributed by atoms with Crippen LogP contribution in [0.4, 0.5) is 17.3 Å². The van der Waals surface area contributed by atoms with Crippen molar-refractivity contribution in [2.24, 2.45) is 0 Å². The van der Waals surface area contributed by atoms with Crippen molar-refractivity contribution < 1.29 is 0 Å². The molecule has 1 N–H and O–H groups in total. The van der Waals surface area contributed by atoms with Gasteiger partial charge in [0.15, 0.2) is 0 Å². The van der Waals surface area contributed by atoms with Crippen LogP contribution in [0.25, 0.3) is 11.3 Å². The molecule has 6 rings (SSSR count). The number of nitrogens with zero attached hydrogens (tertiary/aromatic N) is 5. The van der Waals surface area contributed by atoms with Gasteiger partial charge in [-0.2, -0.15) is 0 Å². The number of nitrogens with one attached hydrogen (secondary N) is 1. The molecule has 2 aromatic heterocycles. The van der Waals surface area contributed by atoms with Gasteiger partial charge in [-0.1, -0.05) is 30.3 Å². The second-order valence-corrected chi connectivity index (χ2v) is 9.41. The maximum atomic E-state index is 4.71. The van der Waals surface area contributed by atoms with E-state index in [2.05, 4.69) is 74.5 Å². The lowest BCUT2D eigenvalue weighted by Crippen LogP contribution is -2.47. The molecule has 0 spiro atoms. The number of hydrogen-bond acceptors (Lipinski definition) is 6. The summed E-state index contributed by atoms with van der Waals surface area (Å²) >= 11 is 0. The zero-order valence-corrected chi connectivity index (χ0v) is 20.1. The minimum absolute atomic E-state index is 0.577. The molecule has 4 aromatic rings. The Bertz CT molecular complexity index is 1310. The molecule has 2 aromatic carbocycles. The van der Waals surface area contributed by atoms with Crippen molar-refractivity contribution in [2.75, 3.05) is 36.4 Å². The molecule has 35 heavy (non-hydrogen) atoms. The number of aryl methyl sites for hydroxylation is 2. The highest BCUT2D eigenvalue weighted by Gasteiger charge is 2.30. The maximum Gasteiger partial charge on any atom is 0.227 e. The smallest absolute Gasteiger partial charge is 0.227 e. The predicted molar refractivity (Wildman–Crippen MR) is 141 cm³/mol. The second kappa shape index (κ2) is 9.47. The number of fused-ring (bicyclic) bond motifs is 1. The SMILES string of the molecule is Cc1ccc(N2CCN(C3CCc4ccccc43)CC2)cc1Nc1nccc(-c2cccnc2)n1. The fraction of sp³-hybridized carbons (Fsp3) is 0.276. The number of piperazine rings is 1. The Kier molecular flexibility index (Phi) is 5.88. The van der Waals surface area contributed by atoms with Gasteiger partial charge in [0.2, 0.25) is 5.95 Å². The molecule has 3 heterocycles. The Balaban J connectivity index is 1.15. The second-order valence-electron chi connectivity index (χ2n) is 9.41. The van der Waals surface area contributed by atoms with Gasteiger partial charge < -0.3 is 10.2 Å². The molecule has 1 aliphatic heterocycles. The molecule has 0 radical (unpaired) electrons. The summed E-state index contributed by atoms with van der Waals surface area (Å²) in [5, 5.41) is 3.45. The quantitative estimate of drug-likeness (QED) is 0.429. The van der Waals surface area contributed by atoms with Gasteiger partial charge in [-0.05, 0) is 66.8 Å². The average molecular weight is 463 g/mol. The van der Waals surface area contributed by atoms with E-state index in [-0.39, 0.29) is 0 Å². The summed E-state index contributed by atoms with van der Waals surface area (Å²) in [4.78, 5) is 18.5. The Hall–Kier alpha value is -3.77. The normalized spacial score (nSPS) is 17.9. The van der Waals surface area contributed by atoms with E-state index < -0.39 is 0 Å². The Morgan fingerprint density at radius 3 is 2.66 bits per heavy atom. The van der Waals surface area contributed by atoms with Crippen LogP contribution in [0.2, 0.25) is 0 Å². The molecule has 6 heteroatoms. The van der Waals surface area contributed by atoms with E-state index in [0.29, 0.717) is 12.0 Å². The summed E-state index contributed by atoms with van der Waals surface area (Å²) in [7, 11) is 0. The van der Waals surface area contributed by atoms with Crippen molar-refractivity contribution in [3.63, 3.8) is 0 Å². The van der Waals surface area contributed by atoms with E-state index >= 15 is 0 Å². The topological polar surface area (TPSA) is 57.2 Å². The minimum atomic E-state index is 0.577. The van der Waals surface area contributed by atoms with Crippen LogP contribution in [0.15, 0.2) is 79.3 Å². The first-order chi connectivity index (χ1) is 17.2. The van der Waals surface area contributed by atoms with Crippen molar-refractivity contribution in [1.29, 1.82) is 0 Å². The van der Waals surface area contributed by atoms with Crippen molar-refractivity contribution >= 4 is 17.3 Å². The van der Waals surface area contributed by atoms with Crippen molar-refractivity contribution in [3.8, 4) is 11.3 Å². The summed E-state index contributed by atoms with van der Waals surface area (Å²) in [5.74, 6) is 0.594. The largest absolute Gasteiger partial charge is 0.369 e. The third kappa shape index (κ3) is 4.49. The monoisotopic (exact) mass is 462 g/mol. The van der Waals surface area contributed by atoms with E-state index in [0.717, 1.165) is 43.1 Å². The molecule has 0 saturated carbocycles. The highest BCUT2D eigenvalue weighted by atomic mass is 15.3. The zero-order chi connectivity index (χ0) is 23.6. The number of aromatic nitrogens is 3. The fourth-order valence-corrected chi connectivity index (χ4v) is 5.36. The fourth-order valence-electron chi connectivity index (χ4n) is 5.36. The van der Waals surface area contributed by atoms with Gasteiger partial charge in [0.25, 0.3) is 0 Å². The summed E-state index contributed by atoms with van der Waals surface area (Å²) in [6.45, 7) is 6.37. The van der Waals surface area contributed by atoms with Gasteiger partial charge in [0, 0.05) is 67.7 Å². The van der Waals surface area contributed by atoms with Gasteiger partial charge in [0.1, 0.15) is 0 Å². The van der Waals surface area contributed by atoms with E-state index in [4.69, 9.17) is 4.98 Å². The minimum Gasteiger partial charge on any atom is -0.369 e. The third-order valence-electron chi connectivity index (χ3n) is 7.30. The highest BCUT2D eigenvalue weighted by Crippen LogP contribution is 2.36. The Morgan fingerprint density at radius 1 is 0.914 bits per heavy atom. The average Bonchev–Trinajstić information content (AvgIpc) is 3.35. The van der Waals surface area contributed by atoms with Gasteiger partial charge in [-0.3, -0.25) is 9.88 Å². The molecule has 1 aliphatic carbocycles. The number of benzene rings is 2. The molecule has 176 valence electrons. The molecular formula is C29H30N6. The number of hydrogen-bond donors (Lipinski definition) is 1. The Labute approximate surface area is 206 Å². The van der Waals surface area contributed by atoms with E-state index in [1.54, 1.807) is 12.4 Å². The van der Waals surface area contributed by atoms with Crippen LogP contribution in [0.1, 0.15) is 29.2 Å². The van der Waals surface area contributed by atoms with Crippen molar-refractivity contribution in [2.45, 2.75) is 25.8 Å². The number of rotatable bonds is 5. The lowest BCUT2D eigenvalue weighted by molar-refractivity contribution is 0.185. The molecule has 1 atom stereocenters. The summed E-state index contributed by atoms with van der Waals surface area (Å²) in [5.41, 5.74) is 8.36. The van der Waals surface area contributed by atoms with Crippen LogP contribution >= 0.6 is 0 Å². The molecule has 6 nitrogen and oxygen atoms in total. The van der Waals surface area contributed by atoms with Crippen molar-refractivity contribution in [3.05, 3.63) is 95.9 Å². The summed E-state index contributed by atoms with van der Waals surface area (Å²) in [6, 6.07) is 22.0. The number of anilines is 3. The molecule has 1 unspecified atom stereocenters. The molecule has 2 aliphatic rings. The first-order valence-corrected chi connectivity index (χ1v) is 12.4. The van der Waals surface area contributed by atoms with Crippen LogP contribution in [0, 0.1) is 6.92 Å². The van der Waals surface area contributed by atoms with Gasteiger partial charge >= 0.3 is 0 Å².